The molecule has 1 aliphatic rings. The smallest absolute Gasteiger partial charge is 0.224 e. The lowest BCUT2D eigenvalue weighted by atomic mass is 9.66. The highest BCUT2D eigenvalue weighted by Gasteiger charge is 2.37. The molecule has 1 fully saturated rings. The minimum absolute atomic E-state index is 0.0756. The molecule has 0 aliphatic heterocycles. The van der Waals surface area contributed by atoms with Crippen LogP contribution < -0.4 is 11.1 Å². The molecule has 0 atom stereocenters. The van der Waals surface area contributed by atoms with Gasteiger partial charge in [-0.15, -0.1) is 0 Å². The van der Waals surface area contributed by atoms with Crippen molar-refractivity contribution in [2.75, 3.05) is 11.9 Å². The number of carbonyl (C=O) groups is 1. The van der Waals surface area contributed by atoms with Crippen LogP contribution in [0.5, 0.6) is 0 Å². The van der Waals surface area contributed by atoms with Gasteiger partial charge in [0.25, 0.3) is 0 Å². The number of amides is 1. The zero-order valence-corrected chi connectivity index (χ0v) is 11.7. The summed E-state index contributed by atoms with van der Waals surface area (Å²) >= 11 is 0. The van der Waals surface area contributed by atoms with E-state index in [0.29, 0.717) is 13.0 Å². The summed E-state index contributed by atoms with van der Waals surface area (Å²) in [6, 6.07) is 8.14. The summed E-state index contributed by atoms with van der Waals surface area (Å²) in [4.78, 5) is 12.0. The van der Waals surface area contributed by atoms with Crippen molar-refractivity contribution < 1.29 is 4.79 Å². The van der Waals surface area contributed by atoms with Crippen molar-refractivity contribution in [2.45, 2.75) is 45.4 Å². The predicted octanol–water partition coefficient (Wildman–Crippen LogP) is 3.10. The Bertz CT molecular complexity index is 415. The second-order valence-electron chi connectivity index (χ2n) is 5.73. The number of aryl methyl sites for hydroxylation is 1. The second kappa shape index (κ2) is 6.20. The van der Waals surface area contributed by atoms with Gasteiger partial charge in [0.2, 0.25) is 5.91 Å². The molecule has 1 aromatic rings. The van der Waals surface area contributed by atoms with Gasteiger partial charge in [0, 0.05) is 12.1 Å². The van der Waals surface area contributed by atoms with Crippen molar-refractivity contribution in [2.24, 2.45) is 11.1 Å². The van der Waals surface area contributed by atoms with Crippen LogP contribution >= 0.6 is 0 Å². The number of rotatable bonds is 6. The third-order valence-corrected chi connectivity index (χ3v) is 4.16. The average molecular weight is 260 g/mol. The van der Waals surface area contributed by atoms with Crippen LogP contribution in [-0.4, -0.2) is 12.5 Å². The molecule has 0 radical (unpaired) electrons. The number of hydrogen-bond acceptors (Lipinski definition) is 2. The molecule has 19 heavy (non-hydrogen) atoms. The van der Waals surface area contributed by atoms with E-state index in [1.54, 1.807) is 0 Å². The van der Waals surface area contributed by atoms with Crippen LogP contribution in [0.2, 0.25) is 0 Å². The van der Waals surface area contributed by atoms with Crippen LogP contribution in [0.4, 0.5) is 5.69 Å². The standard InChI is InChI=1S/C16H24N2O/c1-2-4-13-5-7-14(8-6-13)18-15(19)11-16(12-17)9-3-10-16/h5-8H,2-4,9-12,17H2,1H3,(H,18,19). The normalized spacial score (nSPS) is 16.7. The van der Waals surface area contributed by atoms with E-state index in [9.17, 15) is 4.79 Å². The van der Waals surface area contributed by atoms with E-state index in [-0.39, 0.29) is 11.3 Å². The topological polar surface area (TPSA) is 55.1 Å². The highest BCUT2D eigenvalue weighted by atomic mass is 16.1. The van der Waals surface area contributed by atoms with Gasteiger partial charge < -0.3 is 11.1 Å². The summed E-state index contributed by atoms with van der Waals surface area (Å²) in [7, 11) is 0. The zero-order chi connectivity index (χ0) is 13.7. The van der Waals surface area contributed by atoms with Gasteiger partial charge in [-0.05, 0) is 48.9 Å². The van der Waals surface area contributed by atoms with Gasteiger partial charge in [-0.2, -0.15) is 0 Å². The summed E-state index contributed by atoms with van der Waals surface area (Å²) in [6.07, 6.45) is 6.17. The molecule has 2 rings (SSSR count). The van der Waals surface area contributed by atoms with E-state index in [2.05, 4.69) is 24.4 Å². The molecule has 0 unspecified atom stereocenters. The first-order valence-electron chi connectivity index (χ1n) is 7.26. The SMILES string of the molecule is CCCc1ccc(NC(=O)CC2(CN)CCC2)cc1. The molecule has 0 bridgehead atoms. The first-order valence-corrected chi connectivity index (χ1v) is 7.26. The maximum absolute atomic E-state index is 12.0. The largest absolute Gasteiger partial charge is 0.330 e. The van der Waals surface area contributed by atoms with E-state index < -0.39 is 0 Å². The number of benzene rings is 1. The fourth-order valence-electron chi connectivity index (χ4n) is 2.72. The molecule has 1 aliphatic carbocycles. The second-order valence-corrected chi connectivity index (χ2v) is 5.73. The summed E-state index contributed by atoms with van der Waals surface area (Å²) in [5.41, 5.74) is 8.06. The van der Waals surface area contributed by atoms with Gasteiger partial charge in [0.15, 0.2) is 0 Å². The number of nitrogens with two attached hydrogens (primary N) is 1. The molecule has 1 amide bonds. The van der Waals surface area contributed by atoms with Crippen LogP contribution in [0, 0.1) is 5.41 Å². The summed E-state index contributed by atoms with van der Waals surface area (Å²) in [5, 5.41) is 2.97. The zero-order valence-electron chi connectivity index (χ0n) is 11.7. The third kappa shape index (κ3) is 3.57. The molecule has 0 spiro atoms. The van der Waals surface area contributed by atoms with Gasteiger partial charge in [-0.3, -0.25) is 4.79 Å². The molecule has 1 aromatic carbocycles. The van der Waals surface area contributed by atoms with Crippen molar-refractivity contribution >= 4 is 11.6 Å². The lowest BCUT2D eigenvalue weighted by Crippen LogP contribution is -2.40. The van der Waals surface area contributed by atoms with Crippen LogP contribution in [0.25, 0.3) is 0 Å². The fourth-order valence-corrected chi connectivity index (χ4v) is 2.72. The summed E-state index contributed by atoms with van der Waals surface area (Å²) in [5.74, 6) is 0.0911. The number of carbonyl (C=O) groups excluding carboxylic acids is 1. The van der Waals surface area contributed by atoms with Crippen LogP contribution in [-0.2, 0) is 11.2 Å². The first-order chi connectivity index (χ1) is 9.17. The minimum atomic E-state index is 0.0756. The molecule has 0 heterocycles. The maximum atomic E-state index is 12.0. The van der Waals surface area contributed by atoms with Crippen molar-refractivity contribution in [1.82, 2.24) is 0 Å². The van der Waals surface area contributed by atoms with Crippen molar-refractivity contribution in [3.63, 3.8) is 0 Å². The molecular formula is C16H24N2O. The summed E-state index contributed by atoms with van der Waals surface area (Å²) < 4.78 is 0. The Kier molecular flexibility index (Phi) is 4.59. The molecule has 3 N–H and O–H groups in total. The first kappa shape index (κ1) is 14.1. The van der Waals surface area contributed by atoms with Gasteiger partial charge in [-0.1, -0.05) is 31.9 Å². The van der Waals surface area contributed by atoms with Crippen molar-refractivity contribution in [3.8, 4) is 0 Å². The highest BCUT2D eigenvalue weighted by Crippen LogP contribution is 2.43. The molecule has 3 nitrogen and oxygen atoms in total. The van der Waals surface area contributed by atoms with E-state index in [1.807, 2.05) is 12.1 Å². The van der Waals surface area contributed by atoms with E-state index in [1.165, 1.54) is 12.0 Å². The molecule has 3 heteroatoms. The Balaban J connectivity index is 1.88. The molecule has 1 saturated carbocycles. The number of hydrogen-bond donors (Lipinski definition) is 2. The Morgan fingerprint density at radius 3 is 2.47 bits per heavy atom. The van der Waals surface area contributed by atoms with Crippen LogP contribution in [0.3, 0.4) is 0 Å². The number of anilines is 1. The van der Waals surface area contributed by atoms with Crippen LogP contribution in [0.15, 0.2) is 24.3 Å². The highest BCUT2D eigenvalue weighted by molar-refractivity contribution is 5.91. The van der Waals surface area contributed by atoms with E-state index in [4.69, 9.17) is 5.73 Å². The molecular weight excluding hydrogens is 236 g/mol. The molecule has 0 aromatic heterocycles. The quantitative estimate of drug-likeness (QED) is 0.825. The Labute approximate surface area is 115 Å². The Hall–Kier alpha value is -1.35. The Morgan fingerprint density at radius 1 is 1.32 bits per heavy atom. The lowest BCUT2D eigenvalue weighted by molar-refractivity contribution is -0.119. The number of nitrogens with one attached hydrogen (secondary N) is 1. The van der Waals surface area contributed by atoms with Crippen molar-refractivity contribution in [3.05, 3.63) is 29.8 Å². The third-order valence-electron chi connectivity index (χ3n) is 4.16. The van der Waals surface area contributed by atoms with Crippen molar-refractivity contribution in [1.29, 1.82) is 0 Å². The van der Waals surface area contributed by atoms with Gasteiger partial charge >= 0.3 is 0 Å². The van der Waals surface area contributed by atoms with Gasteiger partial charge in [-0.25, -0.2) is 0 Å². The molecule has 0 saturated heterocycles. The van der Waals surface area contributed by atoms with Crippen LogP contribution in [0.1, 0.15) is 44.6 Å². The molecule has 104 valence electrons. The maximum Gasteiger partial charge on any atom is 0.224 e. The Morgan fingerprint density at radius 2 is 2.00 bits per heavy atom. The fraction of sp³-hybridized carbons (Fsp3) is 0.562. The predicted molar refractivity (Wildman–Crippen MR) is 79.0 cm³/mol. The lowest BCUT2D eigenvalue weighted by Gasteiger charge is -2.40. The monoisotopic (exact) mass is 260 g/mol. The van der Waals surface area contributed by atoms with Gasteiger partial charge in [0.1, 0.15) is 0 Å². The van der Waals surface area contributed by atoms with E-state index >= 15 is 0 Å². The minimum Gasteiger partial charge on any atom is -0.330 e. The summed E-state index contributed by atoms with van der Waals surface area (Å²) in [6.45, 7) is 2.79. The van der Waals surface area contributed by atoms with Gasteiger partial charge in [0.05, 0.1) is 0 Å². The average Bonchev–Trinajstić information content (AvgIpc) is 2.37. The van der Waals surface area contributed by atoms with E-state index in [0.717, 1.165) is 31.4 Å².